The lowest BCUT2D eigenvalue weighted by atomic mass is 10.4. The van der Waals surface area contributed by atoms with E-state index in [9.17, 15) is 4.79 Å². The Morgan fingerprint density at radius 3 is 1.80 bits per heavy atom. The first-order valence-corrected chi connectivity index (χ1v) is 6.58. The van der Waals surface area contributed by atoms with Gasteiger partial charge in [-0.3, -0.25) is 15.2 Å². The van der Waals surface area contributed by atoms with Gasteiger partial charge in [-0.1, -0.05) is 0 Å². The summed E-state index contributed by atoms with van der Waals surface area (Å²) >= 11 is 0. The largest absolute Gasteiger partial charge is 0.352 e. The second kappa shape index (κ2) is 6.88. The van der Waals surface area contributed by atoms with Crippen LogP contribution in [0, 0.1) is 0 Å². The molecule has 0 spiro atoms. The van der Waals surface area contributed by atoms with Crippen molar-refractivity contribution in [1.82, 2.24) is 20.4 Å². The highest BCUT2D eigenvalue weighted by Crippen LogP contribution is 2.12. The molecule has 112 valence electrons. The van der Waals surface area contributed by atoms with Crippen molar-refractivity contribution in [3.8, 4) is 0 Å². The number of rotatable bonds is 6. The van der Waals surface area contributed by atoms with Gasteiger partial charge < -0.3 is 10.6 Å². The molecule has 0 unspecified atom stereocenters. The molecule has 20 heavy (non-hydrogen) atoms. The first-order valence-electron chi connectivity index (χ1n) is 6.58. The van der Waals surface area contributed by atoms with Crippen LogP contribution >= 0.6 is 0 Å². The van der Waals surface area contributed by atoms with E-state index >= 15 is 0 Å². The molecule has 0 bridgehead atoms. The Morgan fingerprint density at radius 2 is 1.45 bits per heavy atom. The highest BCUT2D eigenvalue weighted by molar-refractivity contribution is 5.74. The summed E-state index contributed by atoms with van der Waals surface area (Å²) in [5, 5.41) is 7.71. The van der Waals surface area contributed by atoms with E-state index in [1.54, 1.807) is 7.05 Å². The third kappa shape index (κ3) is 5.25. The third-order valence-electron chi connectivity index (χ3n) is 2.08. The van der Waals surface area contributed by atoms with Crippen LogP contribution in [0.5, 0.6) is 0 Å². The predicted molar refractivity (Wildman–Crippen MR) is 79.6 cm³/mol. The van der Waals surface area contributed by atoms with Crippen LogP contribution in [0.2, 0.25) is 0 Å². The van der Waals surface area contributed by atoms with Gasteiger partial charge in [0.1, 0.15) is 0 Å². The van der Waals surface area contributed by atoms with E-state index in [0.29, 0.717) is 17.8 Å². The lowest BCUT2D eigenvalue weighted by molar-refractivity contribution is -0.119. The number of hydrazine groups is 1. The maximum Gasteiger partial charge on any atom is 0.250 e. The van der Waals surface area contributed by atoms with Crippen LogP contribution in [0.3, 0.4) is 0 Å². The second-order valence-corrected chi connectivity index (χ2v) is 5.11. The molecule has 1 aromatic heterocycles. The minimum atomic E-state index is -0.190. The summed E-state index contributed by atoms with van der Waals surface area (Å²) in [5.74, 6) is 1.10. The van der Waals surface area contributed by atoms with Crippen LogP contribution in [0.1, 0.15) is 34.6 Å². The van der Waals surface area contributed by atoms with Crippen molar-refractivity contribution < 1.29 is 4.79 Å². The van der Waals surface area contributed by atoms with Gasteiger partial charge in [-0.15, -0.1) is 0 Å². The quantitative estimate of drug-likeness (QED) is 0.669. The van der Waals surface area contributed by atoms with Crippen LogP contribution in [0.4, 0.5) is 17.8 Å². The number of hydrogen-bond acceptors (Lipinski definition) is 7. The Morgan fingerprint density at radius 1 is 1.00 bits per heavy atom. The zero-order valence-electron chi connectivity index (χ0n) is 12.9. The van der Waals surface area contributed by atoms with Crippen molar-refractivity contribution in [2.75, 3.05) is 22.7 Å². The molecule has 0 aromatic carbocycles. The van der Waals surface area contributed by atoms with Crippen molar-refractivity contribution in [1.29, 1.82) is 0 Å². The van der Waals surface area contributed by atoms with E-state index in [1.807, 2.05) is 27.7 Å². The highest BCUT2D eigenvalue weighted by atomic mass is 16.2. The smallest absolute Gasteiger partial charge is 0.250 e. The van der Waals surface area contributed by atoms with Gasteiger partial charge in [-0.2, -0.15) is 15.0 Å². The van der Waals surface area contributed by atoms with E-state index in [-0.39, 0.29) is 18.0 Å². The van der Waals surface area contributed by atoms with Crippen LogP contribution in [-0.4, -0.2) is 40.0 Å². The molecular weight excluding hydrogens is 258 g/mol. The van der Waals surface area contributed by atoms with E-state index in [1.165, 1.54) is 11.9 Å². The van der Waals surface area contributed by atoms with Crippen molar-refractivity contribution in [3.63, 3.8) is 0 Å². The van der Waals surface area contributed by atoms with Crippen molar-refractivity contribution in [3.05, 3.63) is 0 Å². The lowest BCUT2D eigenvalue weighted by Gasteiger charge is -2.19. The van der Waals surface area contributed by atoms with Crippen LogP contribution in [0.25, 0.3) is 0 Å². The van der Waals surface area contributed by atoms with E-state index < -0.39 is 0 Å². The summed E-state index contributed by atoms with van der Waals surface area (Å²) in [4.78, 5) is 23.9. The number of aromatic nitrogens is 3. The average molecular weight is 281 g/mol. The number of anilines is 3. The monoisotopic (exact) mass is 281 g/mol. The SMILES string of the molecule is CC(=O)NN(C)c1nc(NC(C)C)nc(NC(C)C)n1. The third-order valence-corrected chi connectivity index (χ3v) is 2.08. The lowest BCUT2D eigenvalue weighted by Crippen LogP contribution is -2.39. The molecule has 0 atom stereocenters. The van der Waals surface area contributed by atoms with Crippen molar-refractivity contribution in [2.45, 2.75) is 46.7 Å². The highest BCUT2D eigenvalue weighted by Gasteiger charge is 2.12. The van der Waals surface area contributed by atoms with Crippen molar-refractivity contribution in [2.24, 2.45) is 0 Å². The first-order chi connectivity index (χ1) is 9.27. The molecule has 0 saturated heterocycles. The molecule has 0 saturated carbocycles. The fraction of sp³-hybridized carbons (Fsp3) is 0.667. The fourth-order valence-corrected chi connectivity index (χ4v) is 1.45. The number of hydrogen-bond donors (Lipinski definition) is 3. The van der Waals surface area contributed by atoms with Crippen molar-refractivity contribution >= 4 is 23.8 Å². The van der Waals surface area contributed by atoms with E-state index in [2.05, 4.69) is 31.0 Å². The fourth-order valence-electron chi connectivity index (χ4n) is 1.45. The maximum atomic E-state index is 11.1. The molecule has 1 aromatic rings. The molecular formula is C12H23N7O. The maximum absolute atomic E-state index is 11.1. The molecule has 0 radical (unpaired) electrons. The predicted octanol–water partition coefficient (Wildman–Crippen LogP) is 0.999. The first kappa shape index (κ1) is 15.9. The Labute approximate surface area is 119 Å². The van der Waals surface area contributed by atoms with Crippen LogP contribution < -0.4 is 21.1 Å². The van der Waals surface area contributed by atoms with Gasteiger partial charge in [-0.25, -0.2) is 0 Å². The van der Waals surface area contributed by atoms with Crippen LogP contribution in [-0.2, 0) is 4.79 Å². The topological polar surface area (TPSA) is 95.1 Å². The standard InChI is InChI=1S/C12H23N7O/c1-7(2)13-10-15-11(14-8(3)4)17-12(16-10)19(6)18-9(5)20/h7-8H,1-6H3,(H,18,20)(H2,13,14,15,16,17). The molecule has 8 heteroatoms. The zero-order chi connectivity index (χ0) is 15.3. The second-order valence-electron chi connectivity index (χ2n) is 5.11. The molecule has 0 aliphatic carbocycles. The molecule has 1 rings (SSSR count). The molecule has 8 nitrogen and oxygen atoms in total. The molecule has 1 heterocycles. The van der Waals surface area contributed by atoms with Crippen LogP contribution in [0.15, 0.2) is 0 Å². The zero-order valence-corrected chi connectivity index (χ0v) is 12.9. The summed E-state index contributed by atoms with van der Waals surface area (Å²) in [7, 11) is 1.68. The number of carbonyl (C=O) groups excluding carboxylic acids is 1. The molecule has 0 aliphatic rings. The summed E-state index contributed by atoms with van der Waals surface area (Å²) in [6, 6.07) is 0.395. The average Bonchev–Trinajstić information content (AvgIpc) is 2.25. The molecule has 3 N–H and O–H groups in total. The van der Waals surface area contributed by atoms with E-state index in [0.717, 1.165) is 0 Å². The summed E-state index contributed by atoms with van der Waals surface area (Å²) in [6.45, 7) is 9.42. The van der Waals surface area contributed by atoms with Gasteiger partial charge in [0.05, 0.1) is 0 Å². The number of amides is 1. The van der Waals surface area contributed by atoms with Gasteiger partial charge in [0, 0.05) is 26.1 Å². The van der Waals surface area contributed by atoms with Gasteiger partial charge in [-0.05, 0) is 27.7 Å². The minimum absolute atomic E-state index is 0.190. The van der Waals surface area contributed by atoms with Gasteiger partial charge >= 0.3 is 0 Å². The molecule has 1 amide bonds. The Kier molecular flexibility index (Phi) is 5.48. The molecule has 0 aliphatic heterocycles. The number of nitrogens with one attached hydrogen (secondary N) is 3. The van der Waals surface area contributed by atoms with E-state index in [4.69, 9.17) is 0 Å². The normalized spacial score (nSPS) is 10.6. The Bertz CT molecular complexity index is 433. The summed E-state index contributed by atoms with van der Waals surface area (Å²) in [5.41, 5.74) is 2.61. The summed E-state index contributed by atoms with van der Waals surface area (Å²) in [6.07, 6.45) is 0. The molecule has 0 fully saturated rings. The Hall–Kier alpha value is -2.12. The minimum Gasteiger partial charge on any atom is -0.352 e. The Balaban J connectivity index is 3.04. The van der Waals surface area contributed by atoms with Gasteiger partial charge in [0.15, 0.2) is 0 Å². The number of nitrogens with zero attached hydrogens (tertiary/aromatic N) is 4. The summed E-state index contributed by atoms with van der Waals surface area (Å²) < 4.78 is 0. The van der Waals surface area contributed by atoms with Gasteiger partial charge in [0.25, 0.3) is 5.95 Å². The van der Waals surface area contributed by atoms with Gasteiger partial charge in [0.2, 0.25) is 17.8 Å². The number of carbonyl (C=O) groups is 1.